The van der Waals surface area contributed by atoms with Crippen molar-refractivity contribution in [1.82, 2.24) is 9.13 Å². The molecule has 0 unspecified atom stereocenters. The lowest BCUT2D eigenvalue weighted by Crippen LogP contribution is -1.97. The Balaban J connectivity index is 1.16. The maximum Gasteiger partial charge on any atom is 0.136 e. The van der Waals surface area contributed by atoms with E-state index >= 15 is 0 Å². The van der Waals surface area contributed by atoms with Gasteiger partial charge in [0, 0.05) is 43.7 Å². The number of rotatable bonds is 3. The fraction of sp³-hybridized carbons (Fsp3) is 0. The Kier molecular flexibility index (Phi) is 5.32. The topological polar surface area (TPSA) is 46.8 Å². The molecule has 0 saturated heterocycles. The summed E-state index contributed by atoms with van der Waals surface area (Å²) < 4.78 is 10.8. The second-order valence-electron chi connectivity index (χ2n) is 12.1. The first-order valence-electron chi connectivity index (χ1n) is 15.7. The van der Waals surface area contributed by atoms with E-state index in [0.717, 1.165) is 77.3 Å². The first-order chi connectivity index (χ1) is 23.3. The third-order valence-electron chi connectivity index (χ3n) is 9.55. The molecule has 10 aromatic rings. The SMILES string of the molecule is N#Cc1cc(-n2c3ccccc3c3cc4oc5ccccc5c4cc32)ccc1-c1cccc(-n2c3ccccc3c3ccccc32)c1. The number of benzene rings is 7. The number of furan rings is 1. The van der Waals surface area contributed by atoms with Gasteiger partial charge in [-0.1, -0.05) is 91.0 Å². The summed E-state index contributed by atoms with van der Waals surface area (Å²) in [7, 11) is 0. The molecule has 0 aliphatic heterocycles. The molecule has 7 aromatic carbocycles. The number of hydrogen-bond donors (Lipinski definition) is 0. The van der Waals surface area contributed by atoms with Gasteiger partial charge in [0.25, 0.3) is 0 Å². The van der Waals surface area contributed by atoms with Gasteiger partial charge in [0.15, 0.2) is 0 Å². The zero-order chi connectivity index (χ0) is 31.1. The Morgan fingerprint density at radius 3 is 1.72 bits per heavy atom. The van der Waals surface area contributed by atoms with E-state index in [-0.39, 0.29) is 0 Å². The van der Waals surface area contributed by atoms with E-state index in [0.29, 0.717) is 5.56 Å². The van der Waals surface area contributed by atoms with Crippen molar-refractivity contribution >= 4 is 65.6 Å². The highest BCUT2D eigenvalue weighted by atomic mass is 16.3. The van der Waals surface area contributed by atoms with E-state index in [1.807, 2.05) is 24.3 Å². The predicted molar refractivity (Wildman–Crippen MR) is 193 cm³/mol. The Hall–Kier alpha value is -6.57. The molecule has 0 saturated carbocycles. The lowest BCUT2D eigenvalue weighted by molar-refractivity contribution is 0.669. The first-order valence-corrected chi connectivity index (χ1v) is 15.7. The van der Waals surface area contributed by atoms with Crippen LogP contribution in [0.1, 0.15) is 5.56 Å². The molecule has 0 aliphatic carbocycles. The molecule has 10 rings (SSSR count). The van der Waals surface area contributed by atoms with Gasteiger partial charge in [-0.05, 0) is 71.8 Å². The van der Waals surface area contributed by atoms with Crippen molar-refractivity contribution in [3.8, 4) is 28.6 Å². The van der Waals surface area contributed by atoms with E-state index in [9.17, 15) is 5.26 Å². The van der Waals surface area contributed by atoms with E-state index in [1.54, 1.807) is 0 Å². The highest BCUT2D eigenvalue weighted by molar-refractivity contribution is 6.17. The molecule has 4 heteroatoms. The van der Waals surface area contributed by atoms with Crippen LogP contribution in [0.5, 0.6) is 0 Å². The minimum atomic E-state index is 0.627. The van der Waals surface area contributed by atoms with E-state index in [1.165, 1.54) is 10.8 Å². The van der Waals surface area contributed by atoms with E-state index in [4.69, 9.17) is 4.42 Å². The molecule has 4 nitrogen and oxygen atoms in total. The van der Waals surface area contributed by atoms with Crippen molar-refractivity contribution in [3.63, 3.8) is 0 Å². The molecule has 0 N–H and O–H groups in total. The maximum atomic E-state index is 10.5. The third-order valence-corrected chi connectivity index (χ3v) is 9.55. The van der Waals surface area contributed by atoms with Crippen molar-refractivity contribution in [2.45, 2.75) is 0 Å². The number of nitrogens with zero attached hydrogens (tertiary/aromatic N) is 3. The molecule has 0 fully saturated rings. The van der Waals surface area contributed by atoms with Crippen LogP contribution in [-0.4, -0.2) is 9.13 Å². The van der Waals surface area contributed by atoms with Crippen LogP contribution in [0.2, 0.25) is 0 Å². The van der Waals surface area contributed by atoms with Crippen LogP contribution in [0.4, 0.5) is 0 Å². The van der Waals surface area contributed by atoms with E-state index < -0.39 is 0 Å². The van der Waals surface area contributed by atoms with Gasteiger partial charge in [-0.25, -0.2) is 0 Å². The fourth-order valence-electron chi connectivity index (χ4n) is 7.49. The van der Waals surface area contributed by atoms with Gasteiger partial charge in [0.1, 0.15) is 11.2 Å². The standard InChI is InChI=1S/C43H25N3O/c44-26-28-23-30(46-40-18-7-3-14-34(40)36-25-43-37(24-41(36)46)35-15-4-8-19-42(35)47-43)20-21-31(28)27-10-9-11-29(22-27)45-38-16-5-1-12-32(38)33-13-2-6-17-39(33)45/h1-25H. The Morgan fingerprint density at radius 2 is 1.02 bits per heavy atom. The van der Waals surface area contributed by atoms with Gasteiger partial charge in [0.05, 0.1) is 33.7 Å². The monoisotopic (exact) mass is 599 g/mol. The minimum Gasteiger partial charge on any atom is -0.456 e. The summed E-state index contributed by atoms with van der Waals surface area (Å²) in [5.41, 5.74) is 10.8. The van der Waals surface area contributed by atoms with Crippen LogP contribution in [0.15, 0.2) is 156 Å². The zero-order valence-corrected chi connectivity index (χ0v) is 25.2. The van der Waals surface area contributed by atoms with Crippen LogP contribution >= 0.6 is 0 Å². The zero-order valence-electron chi connectivity index (χ0n) is 25.2. The molecule has 3 heterocycles. The minimum absolute atomic E-state index is 0.627. The lowest BCUT2D eigenvalue weighted by atomic mass is 9.99. The molecule has 0 bridgehead atoms. The molecule has 0 amide bonds. The quantitative estimate of drug-likeness (QED) is 0.203. The van der Waals surface area contributed by atoms with Crippen LogP contribution < -0.4 is 0 Å². The number of para-hydroxylation sites is 4. The summed E-state index contributed by atoms with van der Waals surface area (Å²) in [5, 5.41) is 17.4. The normalized spacial score (nSPS) is 11.8. The third kappa shape index (κ3) is 3.69. The highest BCUT2D eigenvalue weighted by Gasteiger charge is 2.18. The van der Waals surface area contributed by atoms with Crippen LogP contribution in [0, 0.1) is 11.3 Å². The molecule has 0 spiro atoms. The Morgan fingerprint density at radius 1 is 0.426 bits per heavy atom. The summed E-state index contributed by atoms with van der Waals surface area (Å²) in [4.78, 5) is 0. The number of hydrogen-bond acceptors (Lipinski definition) is 2. The second-order valence-corrected chi connectivity index (χ2v) is 12.1. The van der Waals surface area contributed by atoms with Gasteiger partial charge in [0.2, 0.25) is 0 Å². The number of fused-ring (bicyclic) bond motifs is 9. The summed E-state index contributed by atoms with van der Waals surface area (Å²) in [6.45, 7) is 0. The maximum absolute atomic E-state index is 10.5. The Labute approximate surface area is 269 Å². The van der Waals surface area contributed by atoms with Gasteiger partial charge in [-0.2, -0.15) is 5.26 Å². The summed E-state index contributed by atoms with van der Waals surface area (Å²) >= 11 is 0. The van der Waals surface area contributed by atoms with Crippen molar-refractivity contribution in [2.24, 2.45) is 0 Å². The van der Waals surface area contributed by atoms with Crippen LogP contribution in [0.3, 0.4) is 0 Å². The van der Waals surface area contributed by atoms with Gasteiger partial charge in [-0.3, -0.25) is 0 Å². The summed E-state index contributed by atoms with van der Waals surface area (Å²) in [6, 6.07) is 55.3. The van der Waals surface area contributed by atoms with Gasteiger partial charge >= 0.3 is 0 Å². The molecule has 0 radical (unpaired) electrons. The summed E-state index contributed by atoms with van der Waals surface area (Å²) in [6.07, 6.45) is 0. The Bertz CT molecular complexity index is 2880. The molecule has 47 heavy (non-hydrogen) atoms. The van der Waals surface area contributed by atoms with Crippen molar-refractivity contribution in [2.75, 3.05) is 0 Å². The summed E-state index contributed by atoms with van der Waals surface area (Å²) in [5.74, 6) is 0. The van der Waals surface area contributed by atoms with Crippen LogP contribution in [-0.2, 0) is 0 Å². The molecule has 0 atom stereocenters. The molecule has 3 aromatic heterocycles. The molecular weight excluding hydrogens is 574 g/mol. The fourth-order valence-corrected chi connectivity index (χ4v) is 7.49. The molecular formula is C43H25N3O. The number of aromatic nitrogens is 2. The lowest BCUT2D eigenvalue weighted by Gasteiger charge is -2.13. The second kappa shape index (κ2) is 9.71. The van der Waals surface area contributed by atoms with Gasteiger partial charge in [-0.15, -0.1) is 0 Å². The molecule has 218 valence electrons. The predicted octanol–water partition coefficient (Wildman–Crippen LogP) is 11.3. The van der Waals surface area contributed by atoms with E-state index in [2.05, 4.69) is 143 Å². The van der Waals surface area contributed by atoms with Crippen molar-refractivity contribution in [1.29, 1.82) is 5.26 Å². The molecule has 0 aliphatic rings. The average Bonchev–Trinajstić information content (AvgIpc) is 3.78. The largest absolute Gasteiger partial charge is 0.456 e. The van der Waals surface area contributed by atoms with Crippen molar-refractivity contribution < 1.29 is 4.42 Å². The smallest absolute Gasteiger partial charge is 0.136 e. The first kappa shape index (κ1) is 25.7. The van der Waals surface area contributed by atoms with Crippen LogP contribution in [0.25, 0.3) is 88.1 Å². The van der Waals surface area contributed by atoms with Gasteiger partial charge < -0.3 is 13.6 Å². The number of nitriles is 1. The highest BCUT2D eigenvalue weighted by Crippen LogP contribution is 2.39. The van der Waals surface area contributed by atoms with Crippen molar-refractivity contribution in [3.05, 3.63) is 157 Å². The average molecular weight is 600 g/mol.